The molecule has 17 heavy (non-hydrogen) atoms. The van der Waals surface area contributed by atoms with Crippen molar-refractivity contribution in [1.82, 2.24) is 10.2 Å². The summed E-state index contributed by atoms with van der Waals surface area (Å²) in [6.45, 7) is 0.928. The number of nitrogens with two attached hydrogens (primary N) is 1. The number of nitrogens with zero attached hydrogens (tertiary/aromatic N) is 1. The zero-order chi connectivity index (χ0) is 13.0. The highest BCUT2D eigenvalue weighted by molar-refractivity contribution is 5.84. The summed E-state index contributed by atoms with van der Waals surface area (Å²) >= 11 is 0. The summed E-state index contributed by atoms with van der Waals surface area (Å²) in [6, 6.07) is -0.482. The van der Waals surface area contributed by atoms with E-state index < -0.39 is 17.9 Å². The third-order valence-corrected chi connectivity index (χ3v) is 2.55. The molecule has 7 nitrogen and oxygen atoms in total. The van der Waals surface area contributed by atoms with E-state index >= 15 is 0 Å². The van der Waals surface area contributed by atoms with Crippen molar-refractivity contribution in [3.8, 4) is 0 Å². The molecule has 0 aliphatic heterocycles. The fraction of sp³-hybridized carbons (Fsp3) is 0.700. The number of carboxylic acids is 1. The van der Waals surface area contributed by atoms with Gasteiger partial charge in [0.2, 0.25) is 11.8 Å². The minimum Gasteiger partial charge on any atom is -0.480 e. The Morgan fingerprint density at radius 2 is 2.00 bits per heavy atom. The molecule has 7 heteroatoms. The van der Waals surface area contributed by atoms with E-state index in [4.69, 9.17) is 10.8 Å². The number of hydrogen-bond donors (Lipinski definition) is 3. The maximum Gasteiger partial charge on any atom is 0.317 e. The average Bonchev–Trinajstić information content (AvgIpc) is 2.97. The van der Waals surface area contributed by atoms with Gasteiger partial charge in [-0.25, -0.2) is 0 Å². The Hall–Kier alpha value is -1.63. The summed E-state index contributed by atoms with van der Waals surface area (Å²) in [5.74, 6) is -2.02. The molecular formula is C10H17N3O4. The van der Waals surface area contributed by atoms with Gasteiger partial charge in [0.15, 0.2) is 0 Å². The van der Waals surface area contributed by atoms with E-state index in [0.29, 0.717) is 0 Å². The van der Waals surface area contributed by atoms with Crippen molar-refractivity contribution in [3.05, 3.63) is 0 Å². The Balaban J connectivity index is 2.55. The Bertz CT molecular complexity index is 312. The van der Waals surface area contributed by atoms with Crippen LogP contribution >= 0.6 is 0 Å². The standard InChI is InChI=1S/C10H17N3O4/c1-6(10(17)12-7-2-3-7)13(4-8(11)14)5-9(15)16/h6-7H,2-5H2,1H3,(H2,11,14)(H,12,17)(H,15,16). The molecule has 0 heterocycles. The van der Waals surface area contributed by atoms with E-state index in [1.165, 1.54) is 4.90 Å². The van der Waals surface area contributed by atoms with Crippen LogP contribution in [0.25, 0.3) is 0 Å². The quantitative estimate of drug-likeness (QED) is 0.505. The molecule has 1 rings (SSSR count). The number of primary amides is 1. The van der Waals surface area contributed by atoms with Gasteiger partial charge in [-0.2, -0.15) is 0 Å². The Morgan fingerprint density at radius 1 is 1.41 bits per heavy atom. The number of rotatable bonds is 7. The van der Waals surface area contributed by atoms with Crippen LogP contribution in [0.1, 0.15) is 19.8 Å². The van der Waals surface area contributed by atoms with Crippen molar-refractivity contribution in [1.29, 1.82) is 0 Å². The van der Waals surface area contributed by atoms with Gasteiger partial charge >= 0.3 is 5.97 Å². The maximum atomic E-state index is 11.7. The molecule has 0 aromatic carbocycles. The molecule has 1 saturated carbocycles. The number of carbonyl (C=O) groups is 3. The highest BCUT2D eigenvalue weighted by atomic mass is 16.4. The smallest absolute Gasteiger partial charge is 0.317 e. The lowest BCUT2D eigenvalue weighted by Gasteiger charge is -2.25. The zero-order valence-electron chi connectivity index (χ0n) is 9.68. The van der Waals surface area contributed by atoms with Crippen LogP contribution in [0.15, 0.2) is 0 Å². The lowest BCUT2D eigenvalue weighted by molar-refractivity contribution is -0.140. The molecule has 2 amide bonds. The lowest BCUT2D eigenvalue weighted by Crippen LogP contribution is -2.50. The molecule has 1 unspecified atom stereocenters. The van der Waals surface area contributed by atoms with Crippen molar-refractivity contribution < 1.29 is 19.5 Å². The van der Waals surface area contributed by atoms with Gasteiger partial charge in [0.25, 0.3) is 0 Å². The van der Waals surface area contributed by atoms with E-state index in [1.54, 1.807) is 6.92 Å². The van der Waals surface area contributed by atoms with Crippen LogP contribution in [0.4, 0.5) is 0 Å². The van der Waals surface area contributed by atoms with Crippen LogP contribution in [0.2, 0.25) is 0 Å². The second-order valence-corrected chi connectivity index (χ2v) is 4.22. The van der Waals surface area contributed by atoms with Gasteiger partial charge in [-0.05, 0) is 19.8 Å². The summed E-state index contributed by atoms with van der Waals surface area (Å²) < 4.78 is 0. The van der Waals surface area contributed by atoms with Crippen molar-refractivity contribution in [2.24, 2.45) is 5.73 Å². The Labute approximate surface area is 98.9 Å². The predicted molar refractivity (Wildman–Crippen MR) is 59.0 cm³/mol. The summed E-state index contributed by atoms with van der Waals surface area (Å²) in [4.78, 5) is 34.4. The molecular weight excluding hydrogens is 226 g/mol. The Morgan fingerprint density at radius 3 is 2.41 bits per heavy atom. The van der Waals surface area contributed by atoms with Crippen molar-refractivity contribution in [2.75, 3.05) is 13.1 Å². The molecule has 0 bridgehead atoms. The number of hydrogen-bond acceptors (Lipinski definition) is 4. The van der Waals surface area contributed by atoms with Crippen LogP contribution in [-0.4, -0.2) is 53.0 Å². The molecule has 0 spiro atoms. The number of carboxylic acid groups (broad SMARTS) is 1. The number of nitrogens with one attached hydrogen (secondary N) is 1. The molecule has 0 saturated heterocycles. The van der Waals surface area contributed by atoms with E-state index in [-0.39, 0.29) is 25.0 Å². The third-order valence-electron chi connectivity index (χ3n) is 2.55. The highest BCUT2D eigenvalue weighted by Gasteiger charge is 2.29. The average molecular weight is 243 g/mol. The van der Waals surface area contributed by atoms with Gasteiger partial charge in [-0.15, -0.1) is 0 Å². The van der Waals surface area contributed by atoms with Crippen molar-refractivity contribution >= 4 is 17.8 Å². The highest BCUT2D eigenvalue weighted by Crippen LogP contribution is 2.19. The van der Waals surface area contributed by atoms with E-state index in [0.717, 1.165) is 12.8 Å². The molecule has 1 fully saturated rings. The van der Waals surface area contributed by atoms with Crippen LogP contribution < -0.4 is 11.1 Å². The van der Waals surface area contributed by atoms with Gasteiger partial charge in [0, 0.05) is 6.04 Å². The van der Waals surface area contributed by atoms with E-state index in [9.17, 15) is 14.4 Å². The Kier molecular flexibility index (Phi) is 4.45. The van der Waals surface area contributed by atoms with Crippen LogP contribution in [0, 0.1) is 0 Å². The number of amides is 2. The van der Waals surface area contributed by atoms with Gasteiger partial charge in [-0.3, -0.25) is 19.3 Å². The second kappa shape index (κ2) is 5.62. The van der Waals surface area contributed by atoms with Crippen LogP contribution in [0.5, 0.6) is 0 Å². The van der Waals surface area contributed by atoms with Crippen LogP contribution in [-0.2, 0) is 14.4 Å². The summed E-state index contributed by atoms with van der Waals surface area (Å²) in [5.41, 5.74) is 5.02. The van der Waals surface area contributed by atoms with Gasteiger partial charge in [0.05, 0.1) is 19.1 Å². The van der Waals surface area contributed by atoms with E-state index in [2.05, 4.69) is 5.32 Å². The molecule has 4 N–H and O–H groups in total. The van der Waals surface area contributed by atoms with Gasteiger partial charge in [-0.1, -0.05) is 0 Å². The number of carbonyl (C=O) groups excluding carboxylic acids is 2. The topological polar surface area (TPSA) is 113 Å². The van der Waals surface area contributed by atoms with Crippen LogP contribution in [0.3, 0.4) is 0 Å². The van der Waals surface area contributed by atoms with Crippen molar-refractivity contribution in [2.45, 2.75) is 31.8 Å². The summed E-state index contributed by atoms with van der Waals surface area (Å²) in [7, 11) is 0. The number of aliphatic carboxylic acids is 1. The normalized spacial score (nSPS) is 16.6. The fourth-order valence-electron chi connectivity index (χ4n) is 1.42. The molecule has 96 valence electrons. The zero-order valence-corrected chi connectivity index (χ0v) is 9.68. The summed E-state index contributed by atoms with van der Waals surface area (Å²) in [5, 5.41) is 11.5. The van der Waals surface area contributed by atoms with Crippen molar-refractivity contribution in [3.63, 3.8) is 0 Å². The molecule has 0 aromatic heterocycles. The first-order valence-corrected chi connectivity index (χ1v) is 5.44. The largest absolute Gasteiger partial charge is 0.480 e. The van der Waals surface area contributed by atoms with Gasteiger partial charge in [0.1, 0.15) is 0 Å². The second-order valence-electron chi connectivity index (χ2n) is 4.22. The maximum absolute atomic E-state index is 11.7. The molecule has 0 aromatic rings. The van der Waals surface area contributed by atoms with Gasteiger partial charge < -0.3 is 16.2 Å². The third kappa shape index (κ3) is 4.81. The minimum absolute atomic E-state index is 0.199. The fourth-order valence-corrected chi connectivity index (χ4v) is 1.42. The monoisotopic (exact) mass is 243 g/mol. The molecule has 1 aliphatic carbocycles. The van der Waals surface area contributed by atoms with E-state index in [1.807, 2.05) is 0 Å². The summed E-state index contributed by atoms with van der Waals surface area (Å²) in [6.07, 6.45) is 1.90. The minimum atomic E-state index is -1.10. The first-order valence-electron chi connectivity index (χ1n) is 5.44. The first kappa shape index (κ1) is 13.4. The SMILES string of the molecule is CC(C(=O)NC1CC1)N(CC(N)=O)CC(=O)O. The molecule has 1 aliphatic rings. The molecule has 1 atom stereocenters. The predicted octanol–water partition coefficient (Wildman–Crippen LogP) is -1.47. The molecule has 0 radical (unpaired) electrons. The first-order chi connectivity index (χ1) is 7.90. The lowest BCUT2D eigenvalue weighted by atomic mass is 10.2.